The molecule has 0 spiro atoms. The SMILES string of the molecule is CCOc1cc(C(=S)N2C[C@@H](C)O[C@H](C)C2)cc(Br)c1OCC(=O)N1CCOCC1. The number of ether oxygens (including phenoxy) is 4. The second-order valence-corrected chi connectivity index (χ2v) is 8.71. The molecule has 7 nitrogen and oxygen atoms in total. The van der Waals surface area contributed by atoms with Crippen LogP contribution in [0.25, 0.3) is 0 Å². The molecule has 2 heterocycles. The Hall–Kier alpha value is -1.42. The van der Waals surface area contributed by atoms with Gasteiger partial charge in [0.2, 0.25) is 0 Å². The molecule has 2 atom stereocenters. The largest absolute Gasteiger partial charge is 0.490 e. The molecule has 0 radical (unpaired) electrons. The number of nitrogens with zero attached hydrogens (tertiary/aromatic N) is 2. The van der Waals surface area contributed by atoms with E-state index in [4.69, 9.17) is 31.2 Å². The minimum atomic E-state index is -0.0662. The molecule has 0 aromatic heterocycles. The predicted octanol–water partition coefficient (Wildman–Crippen LogP) is 2.87. The zero-order chi connectivity index (χ0) is 21.7. The van der Waals surface area contributed by atoms with Crippen molar-refractivity contribution in [1.29, 1.82) is 0 Å². The highest BCUT2D eigenvalue weighted by Gasteiger charge is 2.26. The molecule has 1 aromatic rings. The van der Waals surface area contributed by atoms with Crippen molar-refractivity contribution in [2.24, 2.45) is 0 Å². The number of amides is 1. The minimum absolute atomic E-state index is 0.0546. The number of carbonyl (C=O) groups excluding carboxylic acids is 1. The van der Waals surface area contributed by atoms with E-state index in [-0.39, 0.29) is 24.7 Å². The van der Waals surface area contributed by atoms with E-state index in [0.29, 0.717) is 48.9 Å². The summed E-state index contributed by atoms with van der Waals surface area (Å²) >= 11 is 9.34. The van der Waals surface area contributed by atoms with Crippen LogP contribution >= 0.6 is 28.1 Å². The summed E-state index contributed by atoms with van der Waals surface area (Å²) in [6.07, 6.45) is 0.241. The fourth-order valence-electron chi connectivity index (χ4n) is 3.66. The summed E-state index contributed by atoms with van der Waals surface area (Å²) in [4.78, 5) is 17.1. The average Bonchev–Trinajstić information content (AvgIpc) is 2.72. The first-order valence-electron chi connectivity index (χ1n) is 10.3. The van der Waals surface area contributed by atoms with Gasteiger partial charge in [0.1, 0.15) is 4.99 Å². The van der Waals surface area contributed by atoms with Crippen LogP contribution in [0.5, 0.6) is 11.5 Å². The summed E-state index contributed by atoms with van der Waals surface area (Å²) in [7, 11) is 0. The number of halogens is 1. The van der Waals surface area contributed by atoms with Crippen LogP contribution < -0.4 is 9.47 Å². The molecule has 2 fully saturated rings. The molecule has 1 amide bonds. The summed E-state index contributed by atoms with van der Waals surface area (Å²) in [6.45, 7) is 10.2. The van der Waals surface area contributed by atoms with Crippen LogP contribution in [0.4, 0.5) is 0 Å². The third-order valence-electron chi connectivity index (χ3n) is 4.97. The maximum Gasteiger partial charge on any atom is 0.260 e. The molecule has 3 rings (SSSR count). The molecule has 0 unspecified atom stereocenters. The van der Waals surface area contributed by atoms with Crippen molar-refractivity contribution in [3.8, 4) is 11.5 Å². The number of rotatable bonds is 6. The van der Waals surface area contributed by atoms with E-state index in [1.165, 1.54) is 0 Å². The van der Waals surface area contributed by atoms with Gasteiger partial charge in [-0.3, -0.25) is 4.79 Å². The van der Waals surface area contributed by atoms with Crippen molar-refractivity contribution < 1.29 is 23.7 Å². The second-order valence-electron chi connectivity index (χ2n) is 7.47. The Morgan fingerprint density at radius 3 is 2.47 bits per heavy atom. The Morgan fingerprint density at radius 2 is 1.83 bits per heavy atom. The van der Waals surface area contributed by atoms with E-state index in [1.54, 1.807) is 4.90 Å². The van der Waals surface area contributed by atoms with Gasteiger partial charge in [0.25, 0.3) is 5.91 Å². The molecule has 0 N–H and O–H groups in total. The molecule has 2 aliphatic rings. The predicted molar refractivity (Wildman–Crippen MR) is 121 cm³/mol. The van der Waals surface area contributed by atoms with Crippen LogP contribution in [0.1, 0.15) is 26.3 Å². The third-order valence-corrected chi connectivity index (χ3v) is 6.05. The summed E-state index contributed by atoms with van der Waals surface area (Å²) in [6, 6.07) is 3.81. The van der Waals surface area contributed by atoms with Gasteiger partial charge in [-0.15, -0.1) is 0 Å². The summed E-state index contributed by atoms with van der Waals surface area (Å²) < 4.78 is 23.5. The van der Waals surface area contributed by atoms with Crippen molar-refractivity contribution in [3.05, 3.63) is 22.2 Å². The Morgan fingerprint density at radius 1 is 1.17 bits per heavy atom. The van der Waals surface area contributed by atoms with E-state index in [2.05, 4.69) is 34.7 Å². The molecule has 9 heteroatoms. The third kappa shape index (κ3) is 5.84. The van der Waals surface area contributed by atoms with Crippen LogP contribution in [0.15, 0.2) is 16.6 Å². The van der Waals surface area contributed by atoms with E-state index in [1.807, 2.05) is 19.1 Å². The molecule has 166 valence electrons. The van der Waals surface area contributed by atoms with E-state index < -0.39 is 0 Å². The van der Waals surface area contributed by atoms with Crippen LogP contribution in [0.2, 0.25) is 0 Å². The molecule has 0 saturated carbocycles. The molecular weight excluding hydrogens is 472 g/mol. The van der Waals surface area contributed by atoms with Crippen LogP contribution in [-0.4, -0.2) is 85.5 Å². The normalized spacial score (nSPS) is 22.0. The Bertz CT molecular complexity index is 762. The zero-order valence-electron chi connectivity index (χ0n) is 17.7. The standard InChI is InChI=1S/C21H29BrN2O5S/c1-4-27-18-10-16(21(30)24-11-14(2)29-15(3)12-24)9-17(22)20(18)28-13-19(25)23-5-7-26-8-6-23/h9-10,14-15H,4-8,11-13H2,1-3H3/t14-,15-/m1/s1. The Kier molecular flexibility index (Phi) is 8.33. The lowest BCUT2D eigenvalue weighted by molar-refractivity contribution is -0.137. The second kappa shape index (κ2) is 10.7. The lowest BCUT2D eigenvalue weighted by Crippen LogP contribution is -2.47. The van der Waals surface area contributed by atoms with Crippen LogP contribution in [-0.2, 0) is 14.3 Å². The van der Waals surface area contributed by atoms with Crippen molar-refractivity contribution >= 4 is 39.0 Å². The highest BCUT2D eigenvalue weighted by atomic mass is 79.9. The van der Waals surface area contributed by atoms with E-state index in [0.717, 1.165) is 23.6 Å². The Balaban J connectivity index is 1.74. The van der Waals surface area contributed by atoms with Gasteiger partial charge < -0.3 is 28.7 Å². The fraction of sp³-hybridized carbons (Fsp3) is 0.619. The minimum Gasteiger partial charge on any atom is -0.490 e. The maximum absolute atomic E-state index is 12.4. The van der Waals surface area contributed by atoms with E-state index >= 15 is 0 Å². The van der Waals surface area contributed by atoms with Crippen molar-refractivity contribution in [2.45, 2.75) is 33.0 Å². The quantitative estimate of drug-likeness (QED) is 0.556. The fourth-order valence-corrected chi connectivity index (χ4v) is 4.48. The number of carbonyl (C=O) groups is 1. The van der Waals surface area contributed by atoms with Gasteiger partial charge >= 0.3 is 0 Å². The van der Waals surface area contributed by atoms with Gasteiger partial charge in [-0.05, 0) is 48.8 Å². The maximum atomic E-state index is 12.4. The number of morpholine rings is 2. The van der Waals surface area contributed by atoms with E-state index in [9.17, 15) is 4.79 Å². The first-order valence-corrected chi connectivity index (χ1v) is 11.5. The summed E-state index contributed by atoms with van der Waals surface area (Å²) in [5, 5.41) is 0. The average molecular weight is 501 g/mol. The Labute approximate surface area is 191 Å². The molecule has 0 bridgehead atoms. The van der Waals surface area contributed by atoms with Gasteiger partial charge in [0.15, 0.2) is 18.1 Å². The van der Waals surface area contributed by atoms with Crippen LogP contribution in [0, 0.1) is 0 Å². The van der Waals surface area contributed by atoms with Gasteiger partial charge in [0.05, 0.1) is 36.5 Å². The van der Waals surface area contributed by atoms with Gasteiger partial charge in [-0.25, -0.2) is 0 Å². The number of hydrogen-bond acceptors (Lipinski definition) is 6. The topological polar surface area (TPSA) is 60.5 Å². The summed E-state index contributed by atoms with van der Waals surface area (Å²) in [5.74, 6) is 1.01. The molecule has 30 heavy (non-hydrogen) atoms. The van der Waals surface area contributed by atoms with Crippen LogP contribution in [0.3, 0.4) is 0 Å². The van der Waals surface area contributed by atoms with Crippen molar-refractivity contribution in [1.82, 2.24) is 9.80 Å². The molecule has 2 aliphatic heterocycles. The monoisotopic (exact) mass is 500 g/mol. The number of hydrogen-bond donors (Lipinski definition) is 0. The first kappa shape index (κ1) is 23.2. The lowest BCUT2D eigenvalue weighted by atomic mass is 10.1. The number of thiocarbonyl (C=S) groups is 1. The van der Waals surface area contributed by atoms with Crippen molar-refractivity contribution in [3.63, 3.8) is 0 Å². The molecule has 2 saturated heterocycles. The highest BCUT2D eigenvalue weighted by Crippen LogP contribution is 2.37. The van der Waals surface area contributed by atoms with Gasteiger partial charge in [0, 0.05) is 31.7 Å². The summed E-state index contributed by atoms with van der Waals surface area (Å²) in [5.41, 5.74) is 0.869. The first-order chi connectivity index (χ1) is 14.4. The van der Waals surface area contributed by atoms with Gasteiger partial charge in [-0.1, -0.05) is 12.2 Å². The van der Waals surface area contributed by atoms with Gasteiger partial charge in [-0.2, -0.15) is 0 Å². The molecule has 1 aromatic carbocycles. The molecular formula is C21H29BrN2O5S. The zero-order valence-corrected chi connectivity index (χ0v) is 20.1. The van der Waals surface area contributed by atoms with Crippen molar-refractivity contribution in [2.75, 3.05) is 52.6 Å². The molecule has 0 aliphatic carbocycles. The highest BCUT2D eigenvalue weighted by molar-refractivity contribution is 9.10. The smallest absolute Gasteiger partial charge is 0.260 e. The lowest BCUT2D eigenvalue weighted by Gasteiger charge is -2.37. The number of benzene rings is 1.